The number of aromatic carboxylic acids is 1. The first-order valence-corrected chi connectivity index (χ1v) is 13.0. The van der Waals surface area contributed by atoms with Crippen LogP contribution in [0.2, 0.25) is 5.02 Å². The fourth-order valence-electron chi connectivity index (χ4n) is 4.16. The van der Waals surface area contributed by atoms with E-state index in [1.807, 2.05) is 42.5 Å². The number of anilines is 1. The first-order chi connectivity index (χ1) is 16.2. The number of nitrogens with one attached hydrogen (secondary N) is 1. The third kappa shape index (κ3) is 5.79. The van der Waals surface area contributed by atoms with E-state index in [9.17, 15) is 18.3 Å². The van der Waals surface area contributed by atoms with Gasteiger partial charge in [0.15, 0.2) is 0 Å². The lowest BCUT2D eigenvalue weighted by Gasteiger charge is -2.16. The highest BCUT2D eigenvalue weighted by molar-refractivity contribution is 7.92. The molecule has 0 bridgehead atoms. The zero-order valence-corrected chi connectivity index (χ0v) is 20.1. The molecule has 0 saturated heterocycles. The molecule has 0 spiro atoms. The molecule has 176 valence electrons. The van der Waals surface area contributed by atoms with Crippen molar-refractivity contribution in [3.63, 3.8) is 0 Å². The molecule has 0 radical (unpaired) electrons. The lowest BCUT2D eigenvalue weighted by Crippen LogP contribution is -2.11. The maximum Gasteiger partial charge on any atom is 0.335 e. The monoisotopic (exact) mass is 497 g/mol. The largest absolute Gasteiger partial charge is 0.488 e. The normalized spacial score (nSPS) is 13.7. The van der Waals surface area contributed by atoms with Gasteiger partial charge in [-0.15, -0.1) is 0 Å². The van der Waals surface area contributed by atoms with Crippen LogP contribution in [-0.4, -0.2) is 25.7 Å². The van der Waals surface area contributed by atoms with E-state index in [1.165, 1.54) is 6.07 Å². The first kappa shape index (κ1) is 23.9. The van der Waals surface area contributed by atoms with Gasteiger partial charge < -0.3 is 9.84 Å². The van der Waals surface area contributed by atoms with Crippen LogP contribution >= 0.6 is 11.6 Å². The van der Waals surface area contributed by atoms with Crippen molar-refractivity contribution in [2.45, 2.75) is 25.9 Å². The minimum Gasteiger partial charge on any atom is -0.488 e. The molecule has 0 saturated carbocycles. The SMILES string of the molecule is CS(=O)(=O)Nc1cc(C(=O)O)cc(C2=C(c3cc(Cl)ccc3OCc3ccccc3)CCC2)c1. The summed E-state index contributed by atoms with van der Waals surface area (Å²) < 4.78 is 32.1. The molecule has 1 aliphatic carbocycles. The van der Waals surface area contributed by atoms with E-state index in [1.54, 1.807) is 18.2 Å². The molecule has 6 nitrogen and oxygen atoms in total. The molecule has 8 heteroatoms. The molecular weight excluding hydrogens is 474 g/mol. The number of carboxylic acid groups (broad SMARTS) is 1. The average Bonchev–Trinajstić information content (AvgIpc) is 3.27. The lowest BCUT2D eigenvalue weighted by atomic mass is 9.95. The molecule has 34 heavy (non-hydrogen) atoms. The fourth-order valence-corrected chi connectivity index (χ4v) is 4.88. The second kappa shape index (κ2) is 9.91. The van der Waals surface area contributed by atoms with E-state index in [4.69, 9.17) is 16.3 Å². The van der Waals surface area contributed by atoms with Gasteiger partial charge in [0.05, 0.1) is 11.8 Å². The Morgan fingerprint density at radius 2 is 1.76 bits per heavy atom. The van der Waals surface area contributed by atoms with Crippen LogP contribution in [-0.2, 0) is 16.6 Å². The summed E-state index contributed by atoms with van der Waals surface area (Å²) in [7, 11) is -3.57. The molecule has 0 aliphatic heterocycles. The number of allylic oxidation sites excluding steroid dienone is 2. The van der Waals surface area contributed by atoms with Gasteiger partial charge in [0.1, 0.15) is 12.4 Å². The van der Waals surface area contributed by atoms with Crippen molar-refractivity contribution in [3.8, 4) is 5.75 Å². The van der Waals surface area contributed by atoms with Gasteiger partial charge in [-0.25, -0.2) is 13.2 Å². The molecule has 0 atom stereocenters. The molecule has 0 amide bonds. The number of halogens is 1. The van der Waals surface area contributed by atoms with Gasteiger partial charge in [-0.05, 0) is 77.9 Å². The highest BCUT2D eigenvalue weighted by atomic mass is 35.5. The van der Waals surface area contributed by atoms with Crippen LogP contribution in [0, 0.1) is 0 Å². The predicted octanol–water partition coefficient (Wildman–Crippen LogP) is 6.08. The van der Waals surface area contributed by atoms with Gasteiger partial charge in [0.2, 0.25) is 10.0 Å². The summed E-state index contributed by atoms with van der Waals surface area (Å²) in [5.74, 6) is -0.445. The Morgan fingerprint density at radius 3 is 2.47 bits per heavy atom. The second-order valence-corrected chi connectivity index (χ2v) is 10.4. The van der Waals surface area contributed by atoms with Gasteiger partial charge in [-0.2, -0.15) is 0 Å². The molecule has 1 aliphatic rings. The maximum absolute atomic E-state index is 11.8. The number of sulfonamides is 1. The number of hydrogen-bond donors (Lipinski definition) is 2. The Hall–Kier alpha value is -3.29. The van der Waals surface area contributed by atoms with E-state index in [0.29, 0.717) is 22.9 Å². The van der Waals surface area contributed by atoms with E-state index in [-0.39, 0.29) is 11.3 Å². The van der Waals surface area contributed by atoms with Crippen molar-refractivity contribution in [3.05, 3.63) is 94.0 Å². The minimum atomic E-state index is -3.57. The molecule has 0 heterocycles. The Labute approximate surface area is 203 Å². The summed E-state index contributed by atoms with van der Waals surface area (Å²) >= 11 is 6.34. The Morgan fingerprint density at radius 1 is 1.03 bits per heavy atom. The van der Waals surface area contributed by atoms with Gasteiger partial charge in [0.25, 0.3) is 0 Å². The molecule has 3 aromatic rings. The van der Waals surface area contributed by atoms with Gasteiger partial charge in [-0.1, -0.05) is 41.9 Å². The topological polar surface area (TPSA) is 92.7 Å². The third-order valence-corrected chi connectivity index (χ3v) is 6.39. The van der Waals surface area contributed by atoms with Crippen molar-refractivity contribution < 1.29 is 23.1 Å². The predicted molar refractivity (Wildman–Crippen MR) is 135 cm³/mol. The number of benzene rings is 3. The van der Waals surface area contributed by atoms with E-state index in [2.05, 4.69) is 4.72 Å². The Balaban J connectivity index is 1.78. The summed E-state index contributed by atoms with van der Waals surface area (Å²) in [6.07, 6.45) is 3.40. The van der Waals surface area contributed by atoms with Crippen LogP contribution in [0.5, 0.6) is 5.75 Å². The minimum absolute atomic E-state index is 0.00838. The van der Waals surface area contributed by atoms with Crippen molar-refractivity contribution in [1.82, 2.24) is 0 Å². The number of rotatable bonds is 8. The smallest absolute Gasteiger partial charge is 0.335 e. The van der Waals surface area contributed by atoms with Crippen molar-refractivity contribution in [1.29, 1.82) is 0 Å². The number of ether oxygens (including phenoxy) is 1. The van der Waals surface area contributed by atoms with Crippen LogP contribution in [0.1, 0.15) is 46.3 Å². The third-order valence-electron chi connectivity index (χ3n) is 5.55. The molecule has 0 fully saturated rings. The molecule has 4 rings (SSSR count). The van der Waals surface area contributed by atoms with Crippen LogP contribution in [0.3, 0.4) is 0 Å². The standard InChI is InChI=1S/C26H24ClNO5S/c1-34(31,32)28-21-13-18(12-19(14-21)26(29)30)22-8-5-9-23(22)24-15-20(27)10-11-25(24)33-16-17-6-3-2-4-7-17/h2-4,6-7,10-15,28H,5,8-9,16H2,1H3,(H,29,30). The fraction of sp³-hybridized carbons (Fsp3) is 0.192. The van der Waals surface area contributed by atoms with Crippen molar-refractivity contribution >= 4 is 44.4 Å². The zero-order chi connectivity index (χ0) is 24.3. The zero-order valence-electron chi connectivity index (χ0n) is 18.5. The number of hydrogen-bond acceptors (Lipinski definition) is 4. The number of carbonyl (C=O) groups is 1. The van der Waals surface area contributed by atoms with Crippen molar-refractivity contribution in [2.24, 2.45) is 0 Å². The maximum atomic E-state index is 11.8. The summed E-state index contributed by atoms with van der Waals surface area (Å²) in [4.78, 5) is 11.7. The van der Waals surface area contributed by atoms with Crippen LogP contribution in [0.25, 0.3) is 11.1 Å². The summed E-state index contributed by atoms with van der Waals surface area (Å²) in [6.45, 7) is 0.398. The average molecular weight is 498 g/mol. The Kier molecular flexibility index (Phi) is 6.95. The summed E-state index contributed by atoms with van der Waals surface area (Å²) in [5, 5.41) is 10.2. The number of carboxylic acids is 1. The molecule has 2 N–H and O–H groups in total. The van der Waals surface area contributed by atoms with Crippen LogP contribution < -0.4 is 9.46 Å². The van der Waals surface area contributed by atoms with E-state index < -0.39 is 16.0 Å². The molecular formula is C26H24ClNO5S. The summed E-state index contributed by atoms with van der Waals surface area (Å²) in [6, 6.07) is 19.9. The highest BCUT2D eigenvalue weighted by Gasteiger charge is 2.23. The molecule has 0 unspecified atom stereocenters. The quantitative estimate of drug-likeness (QED) is 0.393. The molecule has 3 aromatic carbocycles. The van der Waals surface area contributed by atoms with E-state index in [0.717, 1.165) is 47.8 Å². The van der Waals surface area contributed by atoms with E-state index >= 15 is 0 Å². The van der Waals surface area contributed by atoms with Gasteiger partial charge in [0, 0.05) is 16.3 Å². The first-order valence-electron chi connectivity index (χ1n) is 10.7. The van der Waals surface area contributed by atoms with Gasteiger partial charge in [-0.3, -0.25) is 4.72 Å². The van der Waals surface area contributed by atoms with Crippen LogP contribution in [0.4, 0.5) is 5.69 Å². The highest BCUT2D eigenvalue weighted by Crippen LogP contribution is 2.44. The van der Waals surface area contributed by atoms with Crippen LogP contribution in [0.15, 0.2) is 66.7 Å². The van der Waals surface area contributed by atoms with Crippen molar-refractivity contribution in [2.75, 3.05) is 11.0 Å². The second-order valence-electron chi connectivity index (χ2n) is 8.20. The Bertz CT molecular complexity index is 1370. The lowest BCUT2D eigenvalue weighted by molar-refractivity contribution is 0.0697. The summed E-state index contributed by atoms with van der Waals surface area (Å²) in [5.41, 5.74) is 4.73. The molecule has 0 aromatic heterocycles. The van der Waals surface area contributed by atoms with Gasteiger partial charge >= 0.3 is 5.97 Å².